The zero-order valence-corrected chi connectivity index (χ0v) is 13.2. The number of sulfone groups is 1. The Morgan fingerprint density at radius 2 is 2.00 bits per heavy atom. The second-order valence-corrected chi connectivity index (χ2v) is 7.14. The number of ether oxygens (including phenoxy) is 2. The third-order valence-electron chi connectivity index (χ3n) is 3.63. The van der Waals surface area contributed by atoms with Crippen LogP contribution in [0.1, 0.15) is 18.4 Å². The topological polar surface area (TPSA) is 64.6 Å². The van der Waals surface area contributed by atoms with Crippen LogP contribution in [-0.2, 0) is 16.3 Å². The van der Waals surface area contributed by atoms with E-state index in [4.69, 9.17) is 9.47 Å². The van der Waals surface area contributed by atoms with Gasteiger partial charge in [-0.1, -0.05) is 0 Å². The van der Waals surface area contributed by atoms with Gasteiger partial charge in [0.15, 0.2) is 21.3 Å². The third-order valence-corrected chi connectivity index (χ3v) is 4.75. The summed E-state index contributed by atoms with van der Waals surface area (Å²) in [7, 11) is -1.02. The van der Waals surface area contributed by atoms with Crippen LogP contribution in [-0.4, -0.2) is 41.5 Å². The molecule has 118 valence electrons. The van der Waals surface area contributed by atoms with Gasteiger partial charge in [0.25, 0.3) is 0 Å². The molecule has 1 N–H and O–H groups in total. The minimum atomic E-state index is -3.75. The molecule has 0 spiro atoms. The molecule has 1 aromatic rings. The predicted octanol–water partition coefficient (Wildman–Crippen LogP) is 1.54. The summed E-state index contributed by atoms with van der Waals surface area (Å²) in [6.45, 7) is 0.939. The van der Waals surface area contributed by atoms with E-state index in [0.717, 1.165) is 25.6 Å². The lowest BCUT2D eigenvalue weighted by Crippen LogP contribution is -2.24. The molecule has 0 aliphatic carbocycles. The van der Waals surface area contributed by atoms with Crippen molar-refractivity contribution >= 4 is 9.84 Å². The van der Waals surface area contributed by atoms with Crippen molar-refractivity contribution in [3.8, 4) is 11.5 Å². The van der Waals surface area contributed by atoms with E-state index in [2.05, 4.69) is 5.32 Å². The Bertz CT molecular complexity index is 624. The molecule has 0 aromatic heterocycles. The Morgan fingerprint density at radius 1 is 1.33 bits per heavy atom. The molecule has 0 saturated carbocycles. The van der Waals surface area contributed by atoms with Crippen molar-refractivity contribution in [2.24, 2.45) is 0 Å². The van der Waals surface area contributed by atoms with Crippen LogP contribution in [0.5, 0.6) is 11.5 Å². The maximum Gasteiger partial charge on any atom is 0.182 e. The minimum Gasteiger partial charge on any atom is -0.493 e. The minimum absolute atomic E-state index is 0.0620. The van der Waals surface area contributed by atoms with Crippen LogP contribution in [0.2, 0.25) is 0 Å². The highest BCUT2D eigenvalue weighted by molar-refractivity contribution is 7.90. The standard InChI is InChI=1S/C14H20FNO4S/c1-19-12-9(7-10-5-4-6-16-10)8-11(15)14(13(12)20-2)21(3,17)18/h8,10,16H,4-7H2,1-3H3. The molecule has 2 rings (SSSR count). The van der Waals surface area contributed by atoms with E-state index < -0.39 is 20.5 Å². The molecular formula is C14H20FNO4S. The summed E-state index contributed by atoms with van der Waals surface area (Å²) in [5, 5.41) is 3.32. The van der Waals surface area contributed by atoms with Gasteiger partial charge in [-0.2, -0.15) is 0 Å². The van der Waals surface area contributed by atoms with Crippen LogP contribution in [0.25, 0.3) is 0 Å². The van der Waals surface area contributed by atoms with Gasteiger partial charge in [-0.25, -0.2) is 12.8 Å². The maximum atomic E-state index is 14.2. The van der Waals surface area contributed by atoms with Gasteiger partial charge in [0, 0.05) is 17.9 Å². The second kappa shape index (κ2) is 6.19. The summed E-state index contributed by atoms with van der Waals surface area (Å²) in [5.74, 6) is -0.579. The van der Waals surface area contributed by atoms with Gasteiger partial charge in [0.05, 0.1) is 14.2 Å². The van der Waals surface area contributed by atoms with E-state index in [1.807, 2.05) is 0 Å². The van der Waals surface area contributed by atoms with Crippen LogP contribution >= 0.6 is 0 Å². The van der Waals surface area contributed by atoms with Gasteiger partial charge < -0.3 is 14.8 Å². The number of hydrogen-bond acceptors (Lipinski definition) is 5. The molecule has 21 heavy (non-hydrogen) atoms. The second-order valence-electron chi connectivity index (χ2n) is 5.18. The zero-order valence-electron chi connectivity index (χ0n) is 12.4. The van der Waals surface area contributed by atoms with Crippen LogP contribution in [0.3, 0.4) is 0 Å². The highest BCUT2D eigenvalue weighted by Crippen LogP contribution is 2.40. The number of halogens is 1. The van der Waals surface area contributed by atoms with Crippen molar-refractivity contribution in [3.63, 3.8) is 0 Å². The number of hydrogen-bond donors (Lipinski definition) is 1. The molecule has 0 amide bonds. The van der Waals surface area contributed by atoms with Gasteiger partial charge in [0.1, 0.15) is 10.7 Å². The fourth-order valence-corrected chi connectivity index (χ4v) is 3.67. The van der Waals surface area contributed by atoms with Crippen molar-refractivity contribution in [1.82, 2.24) is 5.32 Å². The predicted molar refractivity (Wildman–Crippen MR) is 77.3 cm³/mol. The molecule has 1 atom stereocenters. The highest BCUT2D eigenvalue weighted by atomic mass is 32.2. The fourth-order valence-electron chi connectivity index (χ4n) is 2.74. The van der Waals surface area contributed by atoms with E-state index in [1.165, 1.54) is 20.3 Å². The molecule has 1 aliphatic heterocycles. The Kier molecular flexibility index (Phi) is 4.73. The van der Waals surface area contributed by atoms with Crippen LogP contribution in [0, 0.1) is 5.82 Å². The molecule has 1 heterocycles. The smallest absolute Gasteiger partial charge is 0.182 e. The summed E-state index contributed by atoms with van der Waals surface area (Å²) in [6, 6.07) is 1.48. The fraction of sp³-hybridized carbons (Fsp3) is 0.571. The maximum absolute atomic E-state index is 14.2. The number of methoxy groups -OCH3 is 2. The number of rotatable bonds is 5. The molecule has 1 fully saturated rings. The summed E-state index contributed by atoms with van der Waals surface area (Å²) in [6.07, 6.45) is 3.60. The molecular weight excluding hydrogens is 297 g/mol. The van der Waals surface area contributed by atoms with Gasteiger partial charge in [-0.3, -0.25) is 0 Å². The van der Waals surface area contributed by atoms with Gasteiger partial charge in [0.2, 0.25) is 0 Å². The Labute approximate surface area is 124 Å². The van der Waals surface area contributed by atoms with Crippen molar-refractivity contribution in [3.05, 3.63) is 17.4 Å². The van der Waals surface area contributed by atoms with Crippen LogP contribution in [0.4, 0.5) is 4.39 Å². The molecule has 5 nitrogen and oxygen atoms in total. The van der Waals surface area contributed by atoms with Crippen LogP contribution in [0.15, 0.2) is 11.0 Å². The number of nitrogens with one attached hydrogen (secondary N) is 1. The van der Waals surface area contributed by atoms with Gasteiger partial charge >= 0.3 is 0 Å². The first-order valence-corrected chi connectivity index (χ1v) is 8.64. The first kappa shape index (κ1) is 16.0. The highest BCUT2D eigenvalue weighted by Gasteiger charge is 2.28. The van der Waals surface area contributed by atoms with Crippen molar-refractivity contribution in [2.75, 3.05) is 27.0 Å². The molecule has 7 heteroatoms. The third kappa shape index (κ3) is 3.29. The molecule has 1 aliphatic rings. The summed E-state index contributed by atoms with van der Waals surface area (Å²) in [4.78, 5) is -0.454. The average Bonchev–Trinajstić information content (AvgIpc) is 2.89. The lowest BCUT2D eigenvalue weighted by atomic mass is 10.0. The number of benzene rings is 1. The van der Waals surface area contributed by atoms with Crippen LogP contribution < -0.4 is 14.8 Å². The quantitative estimate of drug-likeness (QED) is 0.892. The lowest BCUT2D eigenvalue weighted by molar-refractivity contribution is 0.337. The van der Waals surface area contributed by atoms with E-state index in [-0.39, 0.29) is 17.5 Å². The zero-order chi connectivity index (χ0) is 15.6. The van der Waals surface area contributed by atoms with E-state index >= 15 is 0 Å². The first-order valence-electron chi connectivity index (χ1n) is 6.75. The Balaban J connectivity index is 2.54. The normalized spacial score (nSPS) is 18.8. The van der Waals surface area contributed by atoms with Gasteiger partial charge in [-0.15, -0.1) is 0 Å². The van der Waals surface area contributed by atoms with E-state index in [9.17, 15) is 12.8 Å². The molecule has 1 saturated heterocycles. The average molecular weight is 317 g/mol. The van der Waals surface area contributed by atoms with E-state index in [0.29, 0.717) is 12.0 Å². The largest absolute Gasteiger partial charge is 0.493 e. The SMILES string of the molecule is COc1c(CC2CCCN2)cc(F)c(S(C)(=O)=O)c1OC. The molecule has 0 radical (unpaired) electrons. The molecule has 1 unspecified atom stereocenters. The molecule has 0 bridgehead atoms. The Hall–Kier alpha value is -1.34. The summed E-state index contributed by atoms with van der Waals surface area (Å²) >= 11 is 0. The Morgan fingerprint density at radius 3 is 2.48 bits per heavy atom. The van der Waals surface area contributed by atoms with Gasteiger partial charge in [-0.05, 0) is 31.9 Å². The lowest BCUT2D eigenvalue weighted by Gasteiger charge is -2.18. The first-order chi connectivity index (χ1) is 9.88. The summed E-state index contributed by atoms with van der Waals surface area (Å²) < 4.78 is 48.2. The monoisotopic (exact) mass is 317 g/mol. The van der Waals surface area contributed by atoms with Crippen molar-refractivity contribution < 1.29 is 22.3 Å². The van der Waals surface area contributed by atoms with Crippen molar-refractivity contribution in [2.45, 2.75) is 30.2 Å². The summed E-state index contributed by atoms with van der Waals surface area (Å²) in [5.41, 5.74) is 0.610. The van der Waals surface area contributed by atoms with E-state index in [1.54, 1.807) is 0 Å². The van der Waals surface area contributed by atoms with Crippen molar-refractivity contribution in [1.29, 1.82) is 0 Å². The molecule has 1 aromatic carbocycles.